The molecule has 0 fully saturated rings. The molecule has 0 unspecified atom stereocenters. The minimum Gasteiger partial charge on any atom is -0.322 e. The fourth-order valence-corrected chi connectivity index (χ4v) is 2.76. The smallest absolute Gasteiger partial charge is 0.256 e. The van der Waals surface area contributed by atoms with Crippen LogP contribution in [-0.4, -0.2) is 11.8 Å². The molecule has 2 aliphatic heterocycles. The summed E-state index contributed by atoms with van der Waals surface area (Å²) in [6.45, 7) is 20.0. The lowest BCUT2D eigenvalue weighted by molar-refractivity contribution is 0.0972. The molecule has 0 atom stereocenters. The lowest BCUT2D eigenvalue weighted by Gasteiger charge is -2.00. The van der Waals surface area contributed by atoms with Crippen molar-refractivity contribution in [1.29, 1.82) is 0 Å². The molecular weight excluding hydrogens is 638 g/mol. The van der Waals surface area contributed by atoms with Crippen molar-refractivity contribution in [2.75, 3.05) is 0 Å². The van der Waals surface area contributed by atoms with Gasteiger partial charge in [-0.05, 0) is 26.0 Å². The van der Waals surface area contributed by atoms with Crippen LogP contribution in [0.15, 0.2) is 60.7 Å². The highest BCUT2D eigenvalue weighted by Gasteiger charge is 2.23. The third-order valence-electron chi connectivity index (χ3n) is 3.94. The number of hydrogen-bond donors (Lipinski definition) is 2. The summed E-state index contributed by atoms with van der Waals surface area (Å²) >= 11 is 4.24. The summed E-state index contributed by atoms with van der Waals surface area (Å²) in [5.41, 5.74) is 6.23. The van der Waals surface area contributed by atoms with Gasteiger partial charge in [-0.2, -0.15) is 0 Å². The maximum atomic E-state index is 11.4. The highest BCUT2D eigenvalue weighted by Crippen LogP contribution is 2.26. The molecule has 6 heteroatoms. The lowest BCUT2D eigenvalue weighted by atomic mass is 10.1. The first kappa shape index (κ1) is 33.5. The molecule has 0 saturated carbocycles. The molecule has 2 aromatic rings. The van der Waals surface area contributed by atoms with Gasteiger partial charge in [-0.1, -0.05) is 96.5 Å². The summed E-state index contributed by atoms with van der Waals surface area (Å²) < 4.78 is 0. The number of fused-ring (bicyclic) bond motifs is 2. The standard InChI is InChI=1S/C11H11NO.C9H7NO.C3H8.2C2H6.I2/c1-7(2)10-8-5-3-4-6-9(8)11(13)12-10;1-6-7-4-2-3-5-8(7)9(11)10-6;1-3-2;3*1-2/h3-6H,1-2H3,(H,12,13);2-5H,1H2,(H,10,11);3H2,1-2H3;2*1-2H3;. The van der Waals surface area contributed by atoms with Crippen LogP contribution in [0.5, 0.6) is 0 Å². The number of carbonyl (C=O) groups excluding carboxylic acids is 2. The highest BCUT2D eigenvalue weighted by molar-refractivity contribution is 15.0. The van der Waals surface area contributed by atoms with Crippen molar-refractivity contribution in [3.05, 3.63) is 82.9 Å². The second-order valence-corrected chi connectivity index (χ2v) is 6.56. The third kappa shape index (κ3) is 10.4. The molecule has 2 amide bonds. The predicted molar refractivity (Wildman–Crippen MR) is 162 cm³/mol. The van der Waals surface area contributed by atoms with E-state index in [1.54, 1.807) is 6.07 Å². The Bertz CT molecular complexity index is 885. The van der Waals surface area contributed by atoms with Gasteiger partial charge in [0.25, 0.3) is 11.8 Å². The second-order valence-electron chi connectivity index (χ2n) is 6.56. The van der Waals surface area contributed by atoms with Crippen molar-refractivity contribution in [3.8, 4) is 0 Å². The molecule has 0 radical (unpaired) electrons. The minimum atomic E-state index is -0.0504. The van der Waals surface area contributed by atoms with E-state index in [0.717, 1.165) is 33.5 Å². The van der Waals surface area contributed by atoms with E-state index in [4.69, 9.17) is 0 Å². The highest BCUT2D eigenvalue weighted by atomic mass is 128. The zero-order chi connectivity index (χ0) is 26.0. The Hall–Kier alpha value is -1.68. The van der Waals surface area contributed by atoms with Gasteiger partial charge >= 0.3 is 0 Å². The van der Waals surface area contributed by atoms with Gasteiger partial charge in [0.2, 0.25) is 0 Å². The van der Waals surface area contributed by atoms with E-state index in [0.29, 0.717) is 5.70 Å². The fraction of sp³-hybridized carbons (Fsp3) is 0.333. The average Bonchev–Trinajstić information content (AvgIpc) is 3.35. The molecule has 4 nitrogen and oxygen atoms in total. The number of benzene rings is 2. The average molecular weight is 676 g/mol. The van der Waals surface area contributed by atoms with E-state index in [1.165, 1.54) is 6.42 Å². The van der Waals surface area contributed by atoms with Crippen molar-refractivity contribution < 1.29 is 9.59 Å². The van der Waals surface area contributed by atoms with E-state index < -0.39 is 0 Å². The monoisotopic (exact) mass is 676 g/mol. The van der Waals surface area contributed by atoms with Crippen LogP contribution in [0.25, 0.3) is 11.4 Å². The van der Waals surface area contributed by atoms with Gasteiger partial charge in [-0.25, -0.2) is 0 Å². The molecule has 33 heavy (non-hydrogen) atoms. The molecule has 2 aromatic carbocycles. The molecule has 182 valence electrons. The van der Waals surface area contributed by atoms with Crippen LogP contribution in [0.1, 0.15) is 93.7 Å². The molecule has 4 rings (SSSR count). The van der Waals surface area contributed by atoms with Crippen molar-refractivity contribution in [3.63, 3.8) is 0 Å². The molecule has 0 bridgehead atoms. The lowest BCUT2D eigenvalue weighted by Crippen LogP contribution is -2.12. The number of halogens is 2. The fourth-order valence-electron chi connectivity index (χ4n) is 2.76. The minimum absolute atomic E-state index is 0.00630. The molecular formula is C27H38I2N2O2. The van der Waals surface area contributed by atoms with Gasteiger partial charge in [0.15, 0.2) is 0 Å². The summed E-state index contributed by atoms with van der Waals surface area (Å²) in [5, 5.41) is 5.51. The second kappa shape index (κ2) is 19.8. The Labute approximate surface area is 224 Å². The van der Waals surface area contributed by atoms with Crippen molar-refractivity contribution in [1.82, 2.24) is 10.6 Å². The Morgan fingerprint density at radius 1 is 0.727 bits per heavy atom. The summed E-state index contributed by atoms with van der Waals surface area (Å²) in [6.07, 6.45) is 1.25. The molecule has 2 aliphatic rings. The number of allylic oxidation sites excluding steroid dienone is 1. The largest absolute Gasteiger partial charge is 0.322 e. The first-order valence-corrected chi connectivity index (χ1v) is 17.5. The molecule has 0 aromatic heterocycles. The molecule has 0 aliphatic carbocycles. The van der Waals surface area contributed by atoms with Gasteiger partial charge < -0.3 is 10.6 Å². The van der Waals surface area contributed by atoms with Gasteiger partial charge in [-0.15, -0.1) is 0 Å². The number of hydrogen-bond acceptors (Lipinski definition) is 2. The van der Waals surface area contributed by atoms with Crippen LogP contribution in [0, 0.1) is 0 Å². The number of nitrogens with one attached hydrogen (secondary N) is 2. The van der Waals surface area contributed by atoms with Crippen LogP contribution in [0.4, 0.5) is 0 Å². The quantitative estimate of drug-likeness (QED) is 0.274. The molecule has 0 saturated heterocycles. The molecule has 2 N–H and O–H groups in total. The summed E-state index contributed by atoms with van der Waals surface area (Å²) in [6, 6.07) is 15.1. The predicted octanol–water partition coefficient (Wildman–Crippen LogP) is 8.82. The van der Waals surface area contributed by atoms with E-state index in [1.807, 2.05) is 84.0 Å². The van der Waals surface area contributed by atoms with Gasteiger partial charge in [0.05, 0.1) is 0 Å². The Morgan fingerprint density at radius 3 is 1.45 bits per heavy atom. The maximum absolute atomic E-state index is 11.4. The van der Waals surface area contributed by atoms with Crippen LogP contribution >= 0.6 is 37.2 Å². The zero-order valence-corrected chi connectivity index (χ0v) is 25.4. The normalized spacial score (nSPS) is 11.5. The first-order chi connectivity index (χ1) is 15.9. The van der Waals surface area contributed by atoms with Crippen LogP contribution in [0.2, 0.25) is 0 Å². The number of amides is 2. The maximum Gasteiger partial charge on any atom is 0.256 e. The number of rotatable bonds is 0. The topological polar surface area (TPSA) is 58.2 Å². The van der Waals surface area contributed by atoms with Crippen LogP contribution < -0.4 is 10.6 Å². The van der Waals surface area contributed by atoms with Crippen LogP contribution in [0.3, 0.4) is 0 Å². The number of carbonyl (C=O) groups is 2. The van der Waals surface area contributed by atoms with E-state index in [2.05, 4.69) is 68.3 Å². The van der Waals surface area contributed by atoms with Gasteiger partial charge in [0.1, 0.15) is 0 Å². The Balaban J connectivity index is 0. The summed E-state index contributed by atoms with van der Waals surface area (Å²) in [5.74, 6) is -0.0441. The van der Waals surface area contributed by atoms with Crippen LogP contribution in [-0.2, 0) is 0 Å². The van der Waals surface area contributed by atoms with E-state index >= 15 is 0 Å². The summed E-state index contributed by atoms with van der Waals surface area (Å²) in [7, 11) is 0. The third-order valence-corrected chi connectivity index (χ3v) is 3.94. The summed E-state index contributed by atoms with van der Waals surface area (Å²) in [4.78, 5) is 22.5. The van der Waals surface area contributed by atoms with Crippen molar-refractivity contribution in [2.24, 2.45) is 0 Å². The van der Waals surface area contributed by atoms with Gasteiger partial charge in [-0.3, -0.25) is 9.59 Å². The first-order valence-electron chi connectivity index (χ1n) is 11.2. The van der Waals surface area contributed by atoms with E-state index in [-0.39, 0.29) is 11.8 Å². The zero-order valence-electron chi connectivity index (χ0n) is 21.1. The Kier molecular flexibility index (Phi) is 20.1. The molecule has 0 spiro atoms. The van der Waals surface area contributed by atoms with E-state index in [9.17, 15) is 9.59 Å². The van der Waals surface area contributed by atoms with Crippen molar-refractivity contribution in [2.45, 2.75) is 61.8 Å². The van der Waals surface area contributed by atoms with Gasteiger partial charge in [0, 0.05) is 70.9 Å². The molecule has 2 heterocycles. The Morgan fingerprint density at radius 2 is 1.06 bits per heavy atom. The SMILES string of the molecule is C=C1NC(=O)c2ccccc21.CC.CC.CC(C)=C1NC(=O)c2ccccc21.CCC.II. The van der Waals surface area contributed by atoms with Crippen molar-refractivity contribution >= 4 is 60.4 Å².